The Hall–Kier alpha value is -3.15. The zero-order valence-electron chi connectivity index (χ0n) is 13.3. The lowest BCUT2D eigenvalue weighted by Gasteiger charge is -2.06. The van der Waals surface area contributed by atoms with Gasteiger partial charge in [0.05, 0.1) is 5.69 Å². The Morgan fingerprint density at radius 3 is 2.62 bits per heavy atom. The lowest BCUT2D eigenvalue weighted by molar-refractivity contribution is -0.116. The third-order valence-corrected chi connectivity index (χ3v) is 3.87. The van der Waals surface area contributed by atoms with Gasteiger partial charge in [-0.15, -0.1) is 0 Å². The Labute approximate surface area is 139 Å². The zero-order valence-corrected chi connectivity index (χ0v) is 13.3. The van der Waals surface area contributed by atoms with Gasteiger partial charge in [0.25, 0.3) is 0 Å². The number of carbonyl (C=O) groups is 2. The van der Waals surface area contributed by atoms with E-state index in [-0.39, 0.29) is 5.91 Å². The van der Waals surface area contributed by atoms with Crippen molar-refractivity contribution in [3.8, 4) is 0 Å². The van der Waals surface area contributed by atoms with Crippen LogP contribution in [0.3, 0.4) is 0 Å². The molecule has 0 saturated carbocycles. The Morgan fingerprint density at radius 1 is 1.17 bits per heavy atom. The standard InChI is InChI=1S/C18H18N4O2/c1-12-15(22-11-3-2-4-16(22)20-12)9-10-17(23)21-14-7-5-13(6-8-14)18(19)24/h2-8,11H,9-10H2,1H3,(H2,19,24)(H,21,23). The van der Waals surface area contributed by atoms with E-state index in [1.165, 1.54) is 0 Å². The summed E-state index contributed by atoms with van der Waals surface area (Å²) in [6.07, 6.45) is 2.90. The van der Waals surface area contributed by atoms with Crippen LogP contribution in [0.2, 0.25) is 0 Å². The smallest absolute Gasteiger partial charge is 0.248 e. The van der Waals surface area contributed by atoms with Crippen LogP contribution >= 0.6 is 0 Å². The number of carbonyl (C=O) groups excluding carboxylic acids is 2. The Morgan fingerprint density at radius 2 is 1.92 bits per heavy atom. The Kier molecular flexibility index (Phi) is 4.29. The number of hydrogen-bond donors (Lipinski definition) is 2. The molecule has 6 heteroatoms. The number of amides is 2. The summed E-state index contributed by atoms with van der Waals surface area (Å²) in [5, 5.41) is 2.82. The van der Waals surface area contributed by atoms with Gasteiger partial charge in [0, 0.05) is 29.6 Å². The molecule has 0 fully saturated rings. The fraction of sp³-hybridized carbons (Fsp3) is 0.167. The second-order valence-corrected chi connectivity index (χ2v) is 5.56. The first-order valence-corrected chi connectivity index (χ1v) is 7.67. The number of imidazole rings is 1. The van der Waals surface area contributed by atoms with Crippen LogP contribution < -0.4 is 11.1 Å². The number of nitrogens with zero attached hydrogens (tertiary/aromatic N) is 2. The molecule has 0 unspecified atom stereocenters. The summed E-state index contributed by atoms with van der Waals surface area (Å²) in [5.41, 5.74) is 9.09. The van der Waals surface area contributed by atoms with Gasteiger partial charge in [0.15, 0.2) is 0 Å². The maximum Gasteiger partial charge on any atom is 0.248 e. The molecule has 122 valence electrons. The third-order valence-electron chi connectivity index (χ3n) is 3.87. The Bertz CT molecular complexity index is 897. The van der Waals surface area contributed by atoms with Crippen LogP contribution in [0.1, 0.15) is 28.2 Å². The molecular weight excluding hydrogens is 304 g/mol. The van der Waals surface area contributed by atoms with E-state index < -0.39 is 5.91 Å². The minimum atomic E-state index is -0.490. The number of nitrogens with two attached hydrogens (primary N) is 1. The van der Waals surface area contributed by atoms with Gasteiger partial charge in [-0.25, -0.2) is 4.98 Å². The predicted octanol–water partition coefficient (Wildman–Crippen LogP) is 2.31. The number of anilines is 1. The maximum atomic E-state index is 12.1. The number of benzene rings is 1. The van der Waals surface area contributed by atoms with Crippen LogP contribution in [0.5, 0.6) is 0 Å². The van der Waals surface area contributed by atoms with Gasteiger partial charge < -0.3 is 15.5 Å². The lowest BCUT2D eigenvalue weighted by Crippen LogP contribution is -2.14. The summed E-state index contributed by atoms with van der Waals surface area (Å²) in [4.78, 5) is 27.7. The van der Waals surface area contributed by atoms with Crippen LogP contribution in [0, 0.1) is 6.92 Å². The molecule has 24 heavy (non-hydrogen) atoms. The van der Waals surface area contributed by atoms with Gasteiger partial charge in [-0.1, -0.05) is 6.07 Å². The monoisotopic (exact) mass is 322 g/mol. The predicted molar refractivity (Wildman–Crippen MR) is 91.8 cm³/mol. The highest BCUT2D eigenvalue weighted by Crippen LogP contribution is 2.15. The quantitative estimate of drug-likeness (QED) is 0.755. The van der Waals surface area contributed by atoms with Gasteiger partial charge >= 0.3 is 0 Å². The molecule has 0 bridgehead atoms. The molecule has 0 spiro atoms. The summed E-state index contributed by atoms with van der Waals surface area (Å²) in [6.45, 7) is 1.95. The summed E-state index contributed by atoms with van der Waals surface area (Å²) in [6, 6.07) is 12.3. The molecule has 0 radical (unpaired) electrons. The number of fused-ring (bicyclic) bond motifs is 1. The van der Waals surface area contributed by atoms with Crippen molar-refractivity contribution in [2.75, 3.05) is 5.32 Å². The molecule has 0 aliphatic rings. The summed E-state index contributed by atoms with van der Waals surface area (Å²) >= 11 is 0. The minimum Gasteiger partial charge on any atom is -0.366 e. The first-order valence-electron chi connectivity index (χ1n) is 7.67. The molecule has 0 saturated heterocycles. The highest BCUT2D eigenvalue weighted by Gasteiger charge is 2.11. The van der Waals surface area contributed by atoms with Crippen LogP contribution in [0.4, 0.5) is 5.69 Å². The normalized spacial score (nSPS) is 10.7. The molecule has 2 heterocycles. The molecule has 0 atom stereocenters. The molecule has 1 aromatic carbocycles. The van der Waals surface area contributed by atoms with Gasteiger partial charge in [-0.05, 0) is 49.7 Å². The average molecular weight is 322 g/mol. The molecule has 2 aromatic heterocycles. The topological polar surface area (TPSA) is 89.5 Å². The zero-order chi connectivity index (χ0) is 17.1. The summed E-state index contributed by atoms with van der Waals surface area (Å²) in [7, 11) is 0. The number of primary amides is 1. The van der Waals surface area contributed by atoms with Crippen molar-refractivity contribution in [1.29, 1.82) is 0 Å². The molecule has 3 N–H and O–H groups in total. The Balaban J connectivity index is 1.64. The number of hydrogen-bond acceptors (Lipinski definition) is 3. The van der Waals surface area contributed by atoms with Crippen molar-refractivity contribution in [2.24, 2.45) is 5.73 Å². The van der Waals surface area contributed by atoms with E-state index in [2.05, 4.69) is 10.3 Å². The third kappa shape index (κ3) is 3.27. The van der Waals surface area contributed by atoms with Crippen molar-refractivity contribution in [3.05, 3.63) is 65.6 Å². The lowest BCUT2D eigenvalue weighted by atomic mass is 10.1. The van der Waals surface area contributed by atoms with E-state index in [0.29, 0.717) is 24.1 Å². The van der Waals surface area contributed by atoms with E-state index in [0.717, 1.165) is 17.0 Å². The fourth-order valence-corrected chi connectivity index (χ4v) is 2.64. The van der Waals surface area contributed by atoms with Crippen LogP contribution in [0.25, 0.3) is 5.65 Å². The first kappa shape index (κ1) is 15.7. The molecule has 0 aliphatic heterocycles. The van der Waals surface area contributed by atoms with Gasteiger partial charge in [-0.2, -0.15) is 0 Å². The van der Waals surface area contributed by atoms with Gasteiger partial charge in [0.2, 0.25) is 11.8 Å². The molecular formula is C18H18N4O2. The van der Waals surface area contributed by atoms with Crippen LogP contribution in [0.15, 0.2) is 48.7 Å². The fourth-order valence-electron chi connectivity index (χ4n) is 2.64. The highest BCUT2D eigenvalue weighted by molar-refractivity contribution is 5.94. The van der Waals surface area contributed by atoms with Crippen LogP contribution in [-0.2, 0) is 11.2 Å². The molecule has 0 aliphatic carbocycles. The summed E-state index contributed by atoms with van der Waals surface area (Å²) in [5.74, 6) is -0.580. The molecule has 2 amide bonds. The minimum absolute atomic E-state index is 0.0906. The average Bonchev–Trinajstić information content (AvgIpc) is 2.88. The largest absolute Gasteiger partial charge is 0.366 e. The van der Waals surface area contributed by atoms with Crippen molar-refractivity contribution in [1.82, 2.24) is 9.38 Å². The van der Waals surface area contributed by atoms with E-state index in [1.54, 1.807) is 24.3 Å². The SMILES string of the molecule is Cc1nc2ccccn2c1CCC(=O)Nc1ccc(C(N)=O)cc1. The van der Waals surface area contributed by atoms with E-state index in [1.807, 2.05) is 35.7 Å². The van der Waals surface area contributed by atoms with Gasteiger partial charge in [-0.3, -0.25) is 9.59 Å². The van der Waals surface area contributed by atoms with Gasteiger partial charge in [0.1, 0.15) is 5.65 Å². The van der Waals surface area contributed by atoms with Crippen molar-refractivity contribution in [2.45, 2.75) is 19.8 Å². The van der Waals surface area contributed by atoms with Crippen LogP contribution in [-0.4, -0.2) is 21.2 Å². The number of pyridine rings is 1. The van der Waals surface area contributed by atoms with Crippen molar-refractivity contribution < 1.29 is 9.59 Å². The van der Waals surface area contributed by atoms with E-state index in [9.17, 15) is 9.59 Å². The number of rotatable bonds is 5. The summed E-state index contributed by atoms with van der Waals surface area (Å²) < 4.78 is 2.00. The number of nitrogens with one attached hydrogen (secondary N) is 1. The highest BCUT2D eigenvalue weighted by atomic mass is 16.1. The molecule has 3 rings (SSSR count). The molecule has 3 aromatic rings. The van der Waals surface area contributed by atoms with Crippen molar-refractivity contribution >= 4 is 23.1 Å². The second-order valence-electron chi connectivity index (χ2n) is 5.56. The van der Waals surface area contributed by atoms with E-state index >= 15 is 0 Å². The van der Waals surface area contributed by atoms with E-state index in [4.69, 9.17) is 5.73 Å². The first-order chi connectivity index (χ1) is 11.5. The maximum absolute atomic E-state index is 12.1. The number of aromatic nitrogens is 2. The number of aryl methyl sites for hydroxylation is 2. The second kappa shape index (κ2) is 6.54. The molecule has 6 nitrogen and oxygen atoms in total. The van der Waals surface area contributed by atoms with Crippen molar-refractivity contribution in [3.63, 3.8) is 0 Å².